The number of imide groups is 1. The van der Waals surface area contributed by atoms with Crippen molar-refractivity contribution in [3.63, 3.8) is 0 Å². The first-order valence-corrected chi connectivity index (χ1v) is 9.53. The number of primary amides is 1. The van der Waals surface area contributed by atoms with Crippen LogP contribution < -0.4 is 11.1 Å². The second kappa shape index (κ2) is 8.98. The van der Waals surface area contributed by atoms with Crippen LogP contribution in [0.2, 0.25) is 0 Å². The maximum atomic E-state index is 14.3. The van der Waals surface area contributed by atoms with E-state index in [0.717, 1.165) is 0 Å². The Bertz CT molecular complexity index is 822. The molecule has 3 N–H and O–H groups in total. The molecule has 27 heavy (non-hydrogen) atoms. The van der Waals surface area contributed by atoms with E-state index >= 15 is 0 Å². The van der Waals surface area contributed by atoms with Gasteiger partial charge in [0.1, 0.15) is 5.82 Å². The third-order valence-electron chi connectivity index (χ3n) is 3.72. The fourth-order valence-corrected chi connectivity index (χ4v) is 3.59. The van der Waals surface area contributed by atoms with E-state index in [2.05, 4.69) is 15.5 Å². The lowest BCUT2D eigenvalue weighted by Gasteiger charge is -2.19. The highest BCUT2D eigenvalue weighted by molar-refractivity contribution is 8.00. The van der Waals surface area contributed by atoms with Crippen molar-refractivity contribution in [3.8, 4) is 11.4 Å². The minimum atomic E-state index is -0.901. The van der Waals surface area contributed by atoms with Crippen molar-refractivity contribution < 1.29 is 14.0 Å². The number of carbonyl (C=O) groups is 2. The van der Waals surface area contributed by atoms with Gasteiger partial charge in [-0.2, -0.15) is 0 Å². The topological polar surface area (TPSA) is 103 Å². The Kier molecular flexibility index (Phi) is 6.95. The van der Waals surface area contributed by atoms with E-state index in [1.165, 1.54) is 17.8 Å². The molecule has 7 nitrogen and oxygen atoms in total. The minimum Gasteiger partial charge on any atom is -0.351 e. The Balaban J connectivity index is 2.42. The third kappa shape index (κ3) is 5.29. The van der Waals surface area contributed by atoms with Crippen molar-refractivity contribution in [2.75, 3.05) is 0 Å². The summed E-state index contributed by atoms with van der Waals surface area (Å²) >= 11 is 1.18. The van der Waals surface area contributed by atoms with Crippen molar-refractivity contribution in [2.24, 2.45) is 17.6 Å². The average molecular weight is 393 g/mol. The second-order valence-corrected chi connectivity index (χ2v) is 8.04. The van der Waals surface area contributed by atoms with E-state index in [0.29, 0.717) is 23.1 Å². The number of nitrogens with two attached hydrogens (primary N) is 1. The van der Waals surface area contributed by atoms with Gasteiger partial charge in [0.25, 0.3) is 0 Å². The molecule has 0 saturated carbocycles. The first-order valence-electron chi connectivity index (χ1n) is 8.65. The molecule has 2 rings (SSSR count). The van der Waals surface area contributed by atoms with Crippen LogP contribution in [0.15, 0.2) is 29.4 Å². The summed E-state index contributed by atoms with van der Waals surface area (Å²) in [5.74, 6) is -0.312. The second-order valence-electron chi connectivity index (χ2n) is 6.93. The summed E-state index contributed by atoms with van der Waals surface area (Å²) in [6, 6.07) is 5.46. The van der Waals surface area contributed by atoms with Crippen LogP contribution in [0, 0.1) is 17.7 Å². The van der Waals surface area contributed by atoms with Gasteiger partial charge in [0, 0.05) is 6.54 Å². The first-order chi connectivity index (χ1) is 12.7. The van der Waals surface area contributed by atoms with Gasteiger partial charge in [0.2, 0.25) is 5.91 Å². The molecular weight excluding hydrogens is 369 g/mol. The highest BCUT2D eigenvalue weighted by atomic mass is 32.2. The van der Waals surface area contributed by atoms with E-state index in [1.54, 1.807) is 22.8 Å². The normalized spacial score (nSPS) is 12.4. The van der Waals surface area contributed by atoms with Crippen molar-refractivity contribution in [1.29, 1.82) is 0 Å². The number of rotatable bonds is 7. The summed E-state index contributed by atoms with van der Waals surface area (Å²) in [5.41, 5.74) is 5.41. The lowest BCUT2D eigenvalue weighted by atomic mass is 10.1. The summed E-state index contributed by atoms with van der Waals surface area (Å²) < 4.78 is 16.1. The maximum Gasteiger partial charge on any atom is 0.318 e. The van der Waals surface area contributed by atoms with Gasteiger partial charge >= 0.3 is 6.03 Å². The maximum absolute atomic E-state index is 14.3. The molecule has 0 fully saturated rings. The SMILES string of the molecule is CC(C)Cn1c(S[C@H](C(=O)NC(N)=O)C(C)C)nnc1-c1ccccc1F. The molecule has 146 valence electrons. The molecule has 0 aliphatic heterocycles. The van der Waals surface area contributed by atoms with E-state index in [-0.39, 0.29) is 11.8 Å². The van der Waals surface area contributed by atoms with Gasteiger partial charge < -0.3 is 10.3 Å². The highest BCUT2D eigenvalue weighted by Gasteiger charge is 2.28. The summed E-state index contributed by atoms with van der Waals surface area (Å²) in [5, 5.41) is 10.3. The van der Waals surface area contributed by atoms with Crippen molar-refractivity contribution in [1.82, 2.24) is 20.1 Å². The number of thioether (sulfide) groups is 1. The van der Waals surface area contributed by atoms with Gasteiger partial charge in [-0.25, -0.2) is 9.18 Å². The minimum absolute atomic E-state index is 0.0875. The molecule has 0 bridgehead atoms. The Morgan fingerprint density at radius 2 is 1.89 bits per heavy atom. The van der Waals surface area contributed by atoms with Crippen LogP contribution in [0.3, 0.4) is 0 Å². The standard InChI is InChI=1S/C18H24FN5O2S/c1-10(2)9-24-15(12-7-5-6-8-13(12)19)22-23-18(24)27-14(11(3)4)16(25)21-17(20)26/h5-8,10-11,14H,9H2,1-4H3,(H3,20,21,25,26)/t14-/m0/s1. The number of hydrogen-bond acceptors (Lipinski definition) is 5. The predicted octanol–water partition coefficient (Wildman–Crippen LogP) is 3.05. The summed E-state index contributed by atoms with van der Waals surface area (Å²) in [6.07, 6.45) is 0. The van der Waals surface area contributed by atoms with Gasteiger partial charge in [0.15, 0.2) is 11.0 Å². The molecule has 0 aliphatic rings. The number of aromatic nitrogens is 3. The van der Waals surface area contributed by atoms with Crippen LogP contribution in [0.5, 0.6) is 0 Å². The Labute approximate surface area is 161 Å². The Hall–Kier alpha value is -2.42. The van der Waals surface area contributed by atoms with Gasteiger partial charge in [-0.3, -0.25) is 10.1 Å². The predicted molar refractivity (Wildman–Crippen MR) is 102 cm³/mol. The monoisotopic (exact) mass is 393 g/mol. The quantitative estimate of drug-likeness (QED) is 0.704. The van der Waals surface area contributed by atoms with Crippen molar-refractivity contribution in [3.05, 3.63) is 30.1 Å². The Morgan fingerprint density at radius 1 is 1.22 bits per heavy atom. The number of hydrogen-bond donors (Lipinski definition) is 2. The smallest absolute Gasteiger partial charge is 0.318 e. The highest BCUT2D eigenvalue weighted by Crippen LogP contribution is 2.31. The van der Waals surface area contributed by atoms with Gasteiger partial charge in [-0.05, 0) is 24.0 Å². The van der Waals surface area contributed by atoms with Gasteiger partial charge in [0.05, 0.1) is 10.8 Å². The lowest BCUT2D eigenvalue weighted by Crippen LogP contribution is -2.42. The van der Waals surface area contributed by atoms with Crippen LogP contribution in [-0.4, -0.2) is 32.0 Å². The molecule has 3 amide bonds. The number of nitrogens with one attached hydrogen (secondary N) is 1. The van der Waals surface area contributed by atoms with E-state index in [4.69, 9.17) is 5.73 Å². The summed E-state index contributed by atoms with van der Waals surface area (Å²) in [6.45, 7) is 8.33. The van der Waals surface area contributed by atoms with Crippen LogP contribution in [0.4, 0.5) is 9.18 Å². The van der Waals surface area contributed by atoms with Crippen LogP contribution in [-0.2, 0) is 11.3 Å². The van der Waals surface area contributed by atoms with Crippen LogP contribution >= 0.6 is 11.8 Å². The zero-order valence-electron chi connectivity index (χ0n) is 15.8. The molecule has 0 aliphatic carbocycles. The Morgan fingerprint density at radius 3 is 2.44 bits per heavy atom. The van der Waals surface area contributed by atoms with Crippen molar-refractivity contribution >= 4 is 23.7 Å². The molecular formula is C18H24FN5O2S. The molecule has 1 heterocycles. The molecule has 1 atom stereocenters. The number of urea groups is 1. The molecule has 1 aromatic heterocycles. The summed E-state index contributed by atoms with van der Waals surface area (Å²) in [7, 11) is 0. The zero-order chi connectivity index (χ0) is 20.1. The molecule has 9 heteroatoms. The molecule has 2 aromatic rings. The molecule has 0 radical (unpaired) electrons. The lowest BCUT2D eigenvalue weighted by molar-refractivity contribution is -0.120. The molecule has 1 aromatic carbocycles. The van der Waals surface area contributed by atoms with Crippen LogP contribution in [0.1, 0.15) is 27.7 Å². The van der Waals surface area contributed by atoms with E-state index in [9.17, 15) is 14.0 Å². The molecule has 0 unspecified atom stereocenters. The summed E-state index contributed by atoms with van der Waals surface area (Å²) in [4.78, 5) is 23.3. The fraction of sp³-hybridized carbons (Fsp3) is 0.444. The average Bonchev–Trinajstić information content (AvgIpc) is 2.93. The third-order valence-corrected chi connectivity index (χ3v) is 5.25. The first kappa shape index (κ1) is 20.9. The van der Waals surface area contributed by atoms with E-state index < -0.39 is 23.0 Å². The number of amides is 3. The molecule has 0 spiro atoms. The van der Waals surface area contributed by atoms with Gasteiger partial charge in [-0.1, -0.05) is 51.6 Å². The molecule has 0 saturated heterocycles. The largest absolute Gasteiger partial charge is 0.351 e. The zero-order valence-corrected chi connectivity index (χ0v) is 16.6. The van der Waals surface area contributed by atoms with Gasteiger partial charge in [-0.15, -0.1) is 10.2 Å². The fourth-order valence-electron chi connectivity index (χ4n) is 2.55. The number of benzene rings is 1. The van der Waals surface area contributed by atoms with E-state index in [1.807, 2.05) is 27.7 Å². The number of halogens is 1. The van der Waals surface area contributed by atoms with Crippen LogP contribution in [0.25, 0.3) is 11.4 Å². The van der Waals surface area contributed by atoms with Crippen molar-refractivity contribution in [2.45, 2.75) is 44.6 Å². The number of carbonyl (C=O) groups excluding carboxylic acids is 2. The number of nitrogens with zero attached hydrogens (tertiary/aromatic N) is 3.